The molecule has 0 amide bonds. The Labute approximate surface area is 160 Å². The summed E-state index contributed by atoms with van der Waals surface area (Å²) < 4.78 is 30.2. The summed E-state index contributed by atoms with van der Waals surface area (Å²) in [7, 11) is -1.76. The number of nitrogens with one attached hydrogen (secondary N) is 1. The Hall–Kier alpha value is -2.51. The maximum Gasteiger partial charge on any atom is 0.241 e. The smallest absolute Gasteiger partial charge is 0.241 e. The SMILES string of the molecule is Cc1cc(C)c(C)c(S(=O)(=O)NCc2ccc(-c3cnn(C)c3)nc2)c1C. The molecule has 0 aliphatic heterocycles. The van der Waals surface area contributed by atoms with Crippen LogP contribution in [0, 0.1) is 27.7 Å². The average Bonchev–Trinajstić information content (AvgIpc) is 3.05. The minimum Gasteiger partial charge on any atom is -0.275 e. The quantitative estimate of drug-likeness (QED) is 0.733. The number of hydrogen-bond acceptors (Lipinski definition) is 4. The van der Waals surface area contributed by atoms with Crippen LogP contribution in [0.1, 0.15) is 27.8 Å². The lowest BCUT2D eigenvalue weighted by Crippen LogP contribution is -2.25. The average molecular weight is 385 g/mol. The molecule has 7 heteroatoms. The van der Waals surface area contributed by atoms with Crippen LogP contribution in [0.4, 0.5) is 0 Å². The van der Waals surface area contributed by atoms with Crippen LogP contribution in [0.25, 0.3) is 11.3 Å². The van der Waals surface area contributed by atoms with Crippen LogP contribution in [-0.2, 0) is 23.6 Å². The largest absolute Gasteiger partial charge is 0.275 e. The van der Waals surface area contributed by atoms with E-state index in [0.717, 1.165) is 39.1 Å². The summed E-state index contributed by atoms with van der Waals surface area (Å²) >= 11 is 0. The zero-order valence-electron chi connectivity index (χ0n) is 16.2. The molecule has 0 aliphatic carbocycles. The van der Waals surface area contributed by atoms with Gasteiger partial charge in [-0.1, -0.05) is 12.1 Å². The van der Waals surface area contributed by atoms with E-state index in [1.807, 2.05) is 59.1 Å². The Morgan fingerprint density at radius 1 is 1.04 bits per heavy atom. The third kappa shape index (κ3) is 3.94. The van der Waals surface area contributed by atoms with E-state index in [9.17, 15) is 8.42 Å². The minimum absolute atomic E-state index is 0.189. The molecule has 0 saturated heterocycles. The molecule has 1 aromatic carbocycles. The van der Waals surface area contributed by atoms with Crippen LogP contribution in [0.2, 0.25) is 0 Å². The number of aromatic nitrogens is 3. The van der Waals surface area contributed by atoms with E-state index in [1.54, 1.807) is 17.1 Å². The molecule has 2 heterocycles. The molecule has 3 rings (SSSR count). The second kappa shape index (κ2) is 7.25. The molecule has 142 valence electrons. The molecule has 0 radical (unpaired) electrons. The van der Waals surface area contributed by atoms with Crippen LogP contribution in [0.5, 0.6) is 0 Å². The van der Waals surface area contributed by atoms with Gasteiger partial charge in [0.05, 0.1) is 16.8 Å². The Balaban J connectivity index is 1.80. The molecule has 0 atom stereocenters. The molecule has 2 aromatic heterocycles. The van der Waals surface area contributed by atoms with Gasteiger partial charge in [0.2, 0.25) is 10.0 Å². The Bertz CT molecular complexity index is 1060. The van der Waals surface area contributed by atoms with Crippen molar-refractivity contribution in [3.05, 3.63) is 64.6 Å². The highest BCUT2D eigenvalue weighted by Crippen LogP contribution is 2.26. The minimum atomic E-state index is -3.61. The molecule has 3 aromatic rings. The third-order valence-electron chi connectivity index (χ3n) is 4.86. The number of sulfonamides is 1. The fourth-order valence-electron chi connectivity index (χ4n) is 3.09. The van der Waals surface area contributed by atoms with E-state index in [2.05, 4.69) is 14.8 Å². The van der Waals surface area contributed by atoms with Crippen molar-refractivity contribution in [3.63, 3.8) is 0 Å². The molecule has 0 unspecified atom stereocenters. The highest BCUT2D eigenvalue weighted by molar-refractivity contribution is 7.89. The standard InChI is InChI=1S/C20H24N4O2S/c1-13-8-14(2)16(4)20(15(13)3)27(25,26)23-10-17-6-7-19(21-9-17)18-11-22-24(5)12-18/h6-9,11-12,23H,10H2,1-5H3. The second-order valence-corrected chi connectivity index (χ2v) is 8.57. The van der Waals surface area contributed by atoms with Crippen molar-refractivity contribution < 1.29 is 8.42 Å². The molecule has 0 fully saturated rings. The summed E-state index contributed by atoms with van der Waals surface area (Å²) in [4.78, 5) is 4.79. The van der Waals surface area contributed by atoms with Gasteiger partial charge in [-0.05, 0) is 61.6 Å². The van der Waals surface area contributed by atoms with E-state index in [4.69, 9.17) is 0 Å². The van der Waals surface area contributed by atoms with Gasteiger partial charge in [-0.2, -0.15) is 5.10 Å². The topological polar surface area (TPSA) is 76.9 Å². The lowest BCUT2D eigenvalue weighted by molar-refractivity contribution is 0.579. The van der Waals surface area contributed by atoms with Crippen molar-refractivity contribution in [2.24, 2.45) is 7.05 Å². The van der Waals surface area contributed by atoms with Crippen LogP contribution in [0.15, 0.2) is 41.7 Å². The first-order valence-corrected chi connectivity index (χ1v) is 10.2. The Morgan fingerprint density at radius 3 is 2.22 bits per heavy atom. The molecule has 0 bridgehead atoms. The monoisotopic (exact) mass is 384 g/mol. The number of aryl methyl sites for hydroxylation is 3. The molecule has 6 nitrogen and oxygen atoms in total. The molecule has 0 saturated carbocycles. The van der Waals surface area contributed by atoms with Crippen LogP contribution in [0.3, 0.4) is 0 Å². The lowest BCUT2D eigenvalue weighted by atomic mass is 10.0. The highest BCUT2D eigenvalue weighted by Gasteiger charge is 2.21. The maximum absolute atomic E-state index is 12.9. The first kappa shape index (κ1) is 19.3. The molecule has 27 heavy (non-hydrogen) atoms. The van der Waals surface area contributed by atoms with Crippen molar-refractivity contribution in [1.82, 2.24) is 19.5 Å². The van der Waals surface area contributed by atoms with Gasteiger partial charge in [-0.3, -0.25) is 9.67 Å². The van der Waals surface area contributed by atoms with Gasteiger partial charge in [0.15, 0.2) is 0 Å². The Kier molecular flexibility index (Phi) is 5.17. The number of nitrogens with zero attached hydrogens (tertiary/aromatic N) is 3. The summed E-state index contributed by atoms with van der Waals surface area (Å²) in [5.74, 6) is 0. The predicted octanol–water partition coefficient (Wildman–Crippen LogP) is 3.19. The van der Waals surface area contributed by atoms with Gasteiger partial charge in [-0.15, -0.1) is 0 Å². The van der Waals surface area contributed by atoms with Crippen molar-refractivity contribution >= 4 is 10.0 Å². The molecular formula is C20H24N4O2S. The molecular weight excluding hydrogens is 360 g/mol. The summed E-state index contributed by atoms with van der Waals surface area (Å²) in [5.41, 5.74) is 6.04. The van der Waals surface area contributed by atoms with Crippen LogP contribution < -0.4 is 4.72 Å². The van der Waals surface area contributed by atoms with E-state index in [0.29, 0.717) is 4.90 Å². The normalized spacial score (nSPS) is 11.7. The third-order valence-corrected chi connectivity index (χ3v) is 6.53. The van der Waals surface area contributed by atoms with E-state index in [-0.39, 0.29) is 6.54 Å². The first-order chi connectivity index (χ1) is 12.7. The summed E-state index contributed by atoms with van der Waals surface area (Å²) in [6, 6.07) is 5.76. The highest BCUT2D eigenvalue weighted by atomic mass is 32.2. The van der Waals surface area contributed by atoms with Crippen LogP contribution in [-0.4, -0.2) is 23.2 Å². The van der Waals surface area contributed by atoms with E-state index < -0.39 is 10.0 Å². The molecule has 0 spiro atoms. The van der Waals surface area contributed by atoms with Crippen molar-refractivity contribution in [3.8, 4) is 11.3 Å². The Morgan fingerprint density at radius 2 is 1.70 bits per heavy atom. The second-order valence-electron chi connectivity index (χ2n) is 6.87. The van der Waals surface area contributed by atoms with Gasteiger partial charge < -0.3 is 0 Å². The fourth-order valence-corrected chi connectivity index (χ4v) is 4.72. The van der Waals surface area contributed by atoms with Gasteiger partial charge >= 0.3 is 0 Å². The van der Waals surface area contributed by atoms with Gasteiger partial charge in [0.1, 0.15) is 0 Å². The maximum atomic E-state index is 12.9. The number of rotatable bonds is 5. The fraction of sp³-hybridized carbons (Fsp3) is 0.300. The van der Waals surface area contributed by atoms with Crippen molar-refractivity contribution in [2.45, 2.75) is 39.1 Å². The van der Waals surface area contributed by atoms with E-state index in [1.165, 1.54) is 0 Å². The van der Waals surface area contributed by atoms with Gasteiger partial charge in [0, 0.05) is 31.5 Å². The zero-order chi connectivity index (χ0) is 19.8. The van der Waals surface area contributed by atoms with Crippen LogP contribution >= 0.6 is 0 Å². The number of pyridine rings is 1. The van der Waals surface area contributed by atoms with Gasteiger partial charge in [0.25, 0.3) is 0 Å². The zero-order valence-corrected chi connectivity index (χ0v) is 17.1. The van der Waals surface area contributed by atoms with Gasteiger partial charge in [-0.25, -0.2) is 13.1 Å². The lowest BCUT2D eigenvalue weighted by Gasteiger charge is -2.16. The summed E-state index contributed by atoms with van der Waals surface area (Å²) in [5, 5.41) is 4.13. The molecule has 0 aliphatic rings. The number of hydrogen-bond donors (Lipinski definition) is 1. The van der Waals surface area contributed by atoms with E-state index >= 15 is 0 Å². The molecule has 1 N–H and O–H groups in total. The number of benzene rings is 1. The predicted molar refractivity (Wildman–Crippen MR) is 106 cm³/mol. The summed E-state index contributed by atoms with van der Waals surface area (Å²) in [6.45, 7) is 7.75. The summed E-state index contributed by atoms with van der Waals surface area (Å²) in [6.07, 6.45) is 5.32. The van der Waals surface area contributed by atoms with Crippen molar-refractivity contribution in [1.29, 1.82) is 0 Å². The first-order valence-electron chi connectivity index (χ1n) is 8.70. The van der Waals surface area contributed by atoms with Crippen molar-refractivity contribution in [2.75, 3.05) is 0 Å².